The maximum atomic E-state index is 12.8. The van der Waals surface area contributed by atoms with Crippen molar-refractivity contribution in [2.24, 2.45) is 7.05 Å². The van der Waals surface area contributed by atoms with Gasteiger partial charge in [-0.2, -0.15) is 5.10 Å². The maximum Gasteiger partial charge on any atom is 0.292 e. The zero-order valence-electron chi connectivity index (χ0n) is 16.4. The van der Waals surface area contributed by atoms with Crippen molar-refractivity contribution in [3.63, 3.8) is 0 Å². The number of amides is 1. The van der Waals surface area contributed by atoms with E-state index < -0.39 is 9.84 Å². The number of hydrogen-bond donors (Lipinski definition) is 0. The minimum Gasteiger partial charge on any atom is -0.350 e. The standard InChI is InChI=1S/C19H20ClN5O4S/c1-24-11-13(9-22-24)15-8-16(29-23-15)19(26)25-5-3-12(4-6-25)18-17(30(2,27)28)7-14(20)10-21-18/h7-12H,3-6H2,1-2H3. The van der Waals surface area contributed by atoms with E-state index in [1.54, 1.807) is 35.1 Å². The van der Waals surface area contributed by atoms with Crippen LogP contribution in [0.2, 0.25) is 5.02 Å². The Morgan fingerprint density at radius 2 is 1.97 bits per heavy atom. The van der Waals surface area contributed by atoms with Crippen LogP contribution >= 0.6 is 11.6 Å². The second-order valence-corrected chi connectivity index (χ2v) is 9.78. The summed E-state index contributed by atoms with van der Waals surface area (Å²) in [5.41, 5.74) is 1.82. The van der Waals surface area contributed by atoms with Gasteiger partial charge < -0.3 is 9.42 Å². The van der Waals surface area contributed by atoms with Crippen LogP contribution < -0.4 is 0 Å². The van der Waals surface area contributed by atoms with Crippen molar-refractivity contribution >= 4 is 27.3 Å². The second kappa shape index (κ2) is 7.84. The summed E-state index contributed by atoms with van der Waals surface area (Å²) in [6.07, 6.45) is 7.22. The molecule has 0 unspecified atom stereocenters. The van der Waals surface area contributed by atoms with E-state index in [-0.39, 0.29) is 27.5 Å². The van der Waals surface area contributed by atoms with Gasteiger partial charge in [0.25, 0.3) is 5.91 Å². The number of nitrogens with zero attached hydrogens (tertiary/aromatic N) is 5. The zero-order chi connectivity index (χ0) is 21.5. The molecular weight excluding hydrogens is 430 g/mol. The van der Waals surface area contributed by atoms with Gasteiger partial charge in [0.15, 0.2) is 9.84 Å². The number of hydrogen-bond acceptors (Lipinski definition) is 7. The number of rotatable bonds is 4. The van der Waals surface area contributed by atoms with E-state index in [9.17, 15) is 13.2 Å². The van der Waals surface area contributed by atoms with Gasteiger partial charge in [0.2, 0.25) is 5.76 Å². The first-order chi connectivity index (χ1) is 14.2. The summed E-state index contributed by atoms with van der Waals surface area (Å²) >= 11 is 5.94. The quantitative estimate of drug-likeness (QED) is 0.601. The molecule has 158 valence electrons. The third-order valence-electron chi connectivity index (χ3n) is 5.14. The van der Waals surface area contributed by atoms with E-state index in [0.717, 1.165) is 11.8 Å². The van der Waals surface area contributed by atoms with Gasteiger partial charge in [0.05, 0.1) is 21.8 Å². The Balaban J connectivity index is 1.47. The number of likely N-dealkylation sites (tertiary alicyclic amines) is 1. The van der Waals surface area contributed by atoms with Gasteiger partial charge in [-0.15, -0.1) is 0 Å². The average molecular weight is 450 g/mol. The predicted octanol–water partition coefficient (Wildman–Crippen LogP) is 2.55. The van der Waals surface area contributed by atoms with Crippen molar-refractivity contribution in [3.8, 4) is 11.3 Å². The van der Waals surface area contributed by atoms with E-state index in [1.165, 1.54) is 12.3 Å². The van der Waals surface area contributed by atoms with E-state index in [1.807, 2.05) is 0 Å². The van der Waals surface area contributed by atoms with Gasteiger partial charge in [0, 0.05) is 56.3 Å². The molecule has 0 bridgehead atoms. The van der Waals surface area contributed by atoms with Gasteiger partial charge >= 0.3 is 0 Å². The topological polar surface area (TPSA) is 111 Å². The molecule has 4 rings (SSSR count). The lowest BCUT2D eigenvalue weighted by molar-refractivity contribution is 0.0669. The molecule has 1 aliphatic rings. The van der Waals surface area contributed by atoms with Crippen LogP contribution in [0.3, 0.4) is 0 Å². The molecule has 0 aliphatic carbocycles. The van der Waals surface area contributed by atoms with Crippen LogP contribution in [0.5, 0.6) is 0 Å². The third-order valence-corrected chi connectivity index (χ3v) is 6.47. The molecule has 4 heterocycles. The summed E-state index contributed by atoms with van der Waals surface area (Å²) in [6, 6.07) is 3.04. The maximum absolute atomic E-state index is 12.8. The van der Waals surface area contributed by atoms with Crippen molar-refractivity contribution < 1.29 is 17.7 Å². The number of piperidine rings is 1. The third kappa shape index (κ3) is 4.10. The van der Waals surface area contributed by atoms with Crippen LogP contribution in [-0.4, -0.2) is 58.5 Å². The fourth-order valence-electron chi connectivity index (χ4n) is 3.61. The number of carbonyl (C=O) groups is 1. The summed E-state index contributed by atoms with van der Waals surface area (Å²) in [6.45, 7) is 0.917. The number of sulfone groups is 1. The minimum absolute atomic E-state index is 0.0725. The molecule has 1 saturated heterocycles. The summed E-state index contributed by atoms with van der Waals surface area (Å²) in [4.78, 5) is 18.9. The van der Waals surface area contributed by atoms with E-state index in [0.29, 0.717) is 37.3 Å². The molecule has 0 spiro atoms. The van der Waals surface area contributed by atoms with Crippen molar-refractivity contribution in [3.05, 3.63) is 47.2 Å². The Bertz CT molecular complexity index is 1200. The molecule has 0 N–H and O–H groups in total. The molecule has 0 saturated carbocycles. The number of aromatic nitrogens is 4. The minimum atomic E-state index is -3.46. The molecule has 0 radical (unpaired) electrons. The molecule has 0 aromatic carbocycles. The first kappa shape index (κ1) is 20.5. The molecule has 3 aromatic rings. The molecule has 30 heavy (non-hydrogen) atoms. The highest BCUT2D eigenvalue weighted by Gasteiger charge is 2.30. The lowest BCUT2D eigenvalue weighted by Crippen LogP contribution is -2.38. The Labute approximate surface area is 178 Å². The Kier molecular flexibility index (Phi) is 5.37. The van der Waals surface area contributed by atoms with Crippen molar-refractivity contribution in [1.82, 2.24) is 24.8 Å². The van der Waals surface area contributed by atoms with Gasteiger partial charge in [0.1, 0.15) is 5.69 Å². The number of halogens is 1. The lowest BCUT2D eigenvalue weighted by atomic mass is 9.93. The van der Waals surface area contributed by atoms with Crippen molar-refractivity contribution in [1.29, 1.82) is 0 Å². The molecule has 9 nitrogen and oxygen atoms in total. The molecule has 1 aliphatic heterocycles. The first-order valence-electron chi connectivity index (χ1n) is 9.33. The molecule has 0 atom stereocenters. The normalized spacial score (nSPS) is 15.5. The van der Waals surface area contributed by atoms with E-state index >= 15 is 0 Å². The van der Waals surface area contributed by atoms with Crippen LogP contribution in [0, 0.1) is 0 Å². The number of aryl methyl sites for hydroxylation is 1. The Morgan fingerprint density at radius 3 is 2.60 bits per heavy atom. The molecule has 1 fully saturated rings. The molecule has 3 aromatic heterocycles. The summed E-state index contributed by atoms with van der Waals surface area (Å²) in [5, 5.41) is 8.33. The van der Waals surface area contributed by atoms with Gasteiger partial charge in [-0.25, -0.2) is 8.42 Å². The van der Waals surface area contributed by atoms with Crippen LogP contribution in [0.25, 0.3) is 11.3 Å². The van der Waals surface area contributed by atoms with E-state index in [4.69, 9.17) is 16.1 Å². The fraction of sp³-hybridized carbons (Fsp3) is 0.368. The highest BCUT2D eigenvalue weighted by molar-refractivity contribution is 7.90. The average Bonchev–Trinajstić information content (AvgIpc) is 3.36. The Hall–Kier alpha value is -2.72. The number of pyridine rings is 1. The van der Waals surface area contributed by atoms with Crippen LogP contribution in [-0.2, 0) is 16.9 Å². The monoisotopic (exact) mass is 449 g/mol. The molecular formula is C19H20ClN5O4S. The van der Waals surface area contributed by atoms with Gasteiger partial charge in [-0.05, 0) is 18.9 Å². The smallest absolute Gasteiger partial charge is 0.292 e. The van der Waals surface area contributed by atoms with Crippen LogP contribution in [0.4, 0.5) is 0 Å². The number of carbonyl (C=O) groups excluding carboxylic acids is 1. The van der Waals surface area contributed by atoms with Crippen molar-refractivity contribution in [2.45, 2.75) is 23.7 Å². The largest absolute Gasteiger partial charge is 0.350 e. The summed E-state index contributed by atoms with van der Waals surface area (Å²) in [5.74, 6) is -0.158. The Morgan fingerprint density at radius 1 is 1.23 bits per heavy atom. The van der Waals surface area contributed by atoms with Crippen LogP contribution in [0.15, 0.2) is 40.1 Å². The second-order valence-electron chi connectivity index (χ2n) is 7.35. The first-order valence-corrected chi connectivity index (χ1v) is 11.6. The van der Waals surface area contributed by atoms with Gasteiger partial charge in [-0.1, -0.05) is 16.8 Å². The SMILES string of the molecule is Cn1cc(-c2cc(C(=O)N3CCC(c4ncc(Cl)cc4S(C)(=O)=O)CC3)on2)cn1. The lowest BCUT2D eigenvalue weighted by Gasteiger charge is -2.31. The predicted molar refractivity (Wildman–Crippen MR) is 109 cm³/mol. The van der Waals surface area contributed by atoms with Crippen LogP contribution in [0.1, 0.15) is 35.0 Å². The molecule has 1 amide bonds. The highest BCUT2D eigenvalue weighted by atomic mass is 35.5. The summed E-state index contributed by atoms with van der Waals surface area (Å²) < 4.78 is 31.2. The zero-order valence-corrected chi connectivity index (χ0v) is 18.0. The summed E-state index contributed by atoms with van der Waals surface area (Å²) in [7, 11) is -1.66. The fourth-order valence-corrected chi connectivity index (χ4v) is 4.78. The van der Waals surface area contributed by atoms with E-state index in [2.05, 4.69) is 15.2 Å². The molecule has 11 heteroatoms. The van der Waals surface area contributed by atoms with Gasteiger partial charge in [-0.3, -0.25) is 14.5 Å². The van der Waals surface area contributed by atoms with Crippen molar-refractivity contribution in [2.75, 3.05) is 19.3 Å². The highest BCUT2D eigenvalue weighted by Crippen LogP contribution is 2.33.